The molecular formula is C21H19F2N3O2. The van der Waals surface area contributed by atoms with Crippen LogP contribution in [0.25, 0.3) is 6.08 Å². The van der Waals surface area contributed by atoms with E-state index in [0.717, 1.165) is 11.1 Å². The maximum Gasteiger partial charge on any atom is 0.387 e. The molecule has 144 valence electrons. The summed E-state index contributed by atoms with van der Waals surface area (Å²) in [6, 6.07) is 14.1. The first kappa shape index (κ1) is 19.3. The van der Waals surface area contributed by atoms with Crippen LogP contribution in [0.1, 0.15) is 16.7 Å². The van der Waals surface area contributed by atoms with E-state index in [1.54, 1.807) is 30.7 Å². The third kappa shape index (κ3) is 5.51. The lowest BCUT2D eigenvalue weighted by atomic mass is 10.1. The standard InChI is InChI=1S/C21H19F2N3O2/c22-21(23)28-19-8-4-3-5-16(19)9-10-20(27)25-13-17-6-1-2-7-18(17)14-26-12-11-24-15-26/h1-12,15,21H,13-14H2,(H,25,27). The summed E-state index contributed by atoms with van der Waals surface area (Å²) in [4.78, 5) is 16.2. The van der Waals surface area contributed by atoms with Crippen LogP contribution in [0.3, 0.4) is 0 Å². The molecule has 0 aliphatic rings. The van der Waals surface area contributed by atoms with Gasteiger partial charge in [0.1, 0.15) is 5.75 Å². The number of rotatable bonds is 8. The molecule has 28 heavy (non-hydrogen) atoms. The monoisotopic (exact) mass is 383 g/mol. The molecule has 0 spiro atoms. The molecule has 2 aromatic carbocycles. The van der Waals surface area contributed by atoms with Crippen LogP contribution in [0.2, 0.25) is 0 Å². The fourth-order valence-electron chi connectivity index (χ4n) is 2.69. The Morgan fingerprint density at radius 2 is 1.89 bits per heavy atom. The number of imidazole rings is 1. The van der Waals surface area contributed by atoms with Gasteiger partial charge in [0.25, 0.3) is 0 Å². The summed E-state index contributed by atoms with van der Waals surface area (Å²) >= 11 is 0. The second kappa shape index (κ2) is 9.45. The Hall–Kier alpha value is -3.48. The Kier molecular flexibility index (Phi) is 6.51. The van der Waals surface area contributed by atoms with Gasteiger partial charge in [-0.1, -0.05) is 42.5 Å². The first-order chi connectivity index (χ1) is 13.6. The van der Waals surface area contributed by atoms with Gasteiger partial charge in [0, 0.05) is 37.1 Å². The zero-order chi connectivity index (χ0) is 19.8. The highest BCUT2D eigenvalue weighted by molar-refractivity contribution is 5.92. The van der Waals surface area contributed by atoms with E-state index in [1.165, 1.54) is 18.2 Å². The van der Waals surface area contributed by atoms with Crippen molar-refractivity contribution < 1.29 is 18.3 Å². The number of amides is 1. The molecular weight excluding hydrogens is 364 g/mol. The second-order valence-corrected chi connectivity index (χ2v) is 5.97. The molecule has 1 N–H and O–H groups in total. The van der Waals surface area contributed by atoms with E-state index in [0.29, 0.717) is 18.7 Å². The summed E-state index contributed by atoms with van der Waals surface area (Å²) in [5.74, 6) is -0.309. The van der Waals surface area contributed by atoms with Crippen LogP contribution < -0.4 is 10.1 Å². The molecule has 0 radical (unpaired) electrons. The first-order valence-electron chi connectivity index (χ1n) is 8.64. The summed E-state index contributed by atoms with van der Waals surface area (Å²) in [6.45, 7) is -1.92. The third-order valence-electron chi connectivity index (χ3n) is 4.03. The van der Waals surface area contributed by atoms with E-state index in [1.807, 2.05) is 35.0 Å². The van der Waals surface area contributed by atoms with Gasteiger partial charge in [0.05, 0.1) is 6.33 Å². The minimum Gasteiger partial charge on any atom is -0.434 e. The van der Waals surface area contributed by atoms with Gasteiger partial charge < -0.3 is 14.6 Å². The number of alkyl halides is 2. The van der Waals surface area contributed by atoms with Crippen LogP contribution in [0.15, 0.2) is 73.3 Å². The number of nitrogens with zero attached hydrogens (tertiary/aromatic N) is 2. The van der Waals surface area contributed by atoms with E-state index in [-0.39, 0.29) is 11.7 Å². The SMILES string of the molecule is O=C(C=Cc1ccccc1OC(F)F)NCc1ccccc1Cn1ccnc1. The molecule has 5 nitrogen and oxygen atoms in total. The highest BCUT2D eigenvalue weighted by atomic mass is 19.3. The third-order valence-corrected chi connectivity index (χ3v) is 4.03. The van der Waals surface area contributed by atoms with Gasteiger partial charge in [-0.2, -0.15) is 8.78 Å². The number of hydrogen-bond acceptors (Lipinski definition) is 3. The number of para-hydroxylation sites is 1. The van der Waals surface area contributed by atoms with Crippen molar-refractivity contribution in [2.75, 3.05) is 0 Å². The molecule has 0 bridgehead atoms. The fourth-order valence-corrected chi connectivity index (χ4v) is 2.69. The summed E-state index contributed by atoms with van der Waals surface area (Å²) in [7, 11) is 0. The molecule has 0 aliphatic carbocycles. The van der Waals surface area contributed by atoms with Gasteiger partial charge >= 0.3 is 6.61 Å². The fraction of sp³-hybridized carbons (Fsp3) is 0.143. The van der Waals surface area contributed by atoms with Crippen molar-refractivity contribution >= 4 is 12.0 Å². The Morgan fingerprint density at radius 1 is 1.14 bits per heavy atom. The zero-order valence-corrected chi connectivity index (χ0v) is 15.0. The van der Waals surface area contributed by atoms with Crippen LogP contribution in [0.4, 0.5) is 8.78 Å². The van der Waals surface area contributed by atoms with Gasteiger partial charge in [-0.15, -0.1) is 0 Å². The zero-order valence-electron chi connectivity index (χ0n) is 15.0. The Labute approximate surface area is 161 Å². The van der Waals surface area contributed by atoms with Crippen LogP contribution in [-0.4, -0.2) is 22.1 Å². The van der Waals surface area contributed by atoms with E-state index >= 15 is 0 Å². The maximum absolute atomic E-state index is 12.4. The number of ether oxygens (including phenoxy) is 1. The second-order valence-electron chi connectivity index (χ2n) is 5.97. The summed E-state index contributed by atoms with van der Waals surface area (Å²) in [5.41, 5.74) is 2.46. The van der Waals surface area contributed by atoms with E-state index < -0.39 is 6.61 Å². The van der Waals surface area contributed by atoms with Crippen molar-refractivity contribution in [3.63, 3.8) is 0 Å². The normalized spacial score (nSPS) is 11.1. The number of hydrogen-bond donors (Lipinski definition) is 1. The molecule has 7 heteroatoms. The maximum atomic E-state index is 12.4. The van der Waals surface area contributed by atoms with Crippen LogP contribution >= 0.6 is 0 Å². The molecule has 3 rings (SSSR count). The number of carbonyl (C=O) groups is 1. The van der Waals surface area contributed by atoms with E-state index in [2.05, 4.69) is 15.0 Å². The van der Waals surface area contributed by atoms with Crippen LogP contribution in [0, 0.1) is 0 Å². The molecule has 1 aromatic heterocycles. The van der Waals surface area contributed by atoms with Gasteiger partial charge in [-0.25, -0.2) is 4.98 Å². The topological polar surface area (TPSA) is 56.1 Å². The van der Waals surface area contributed by atoms with Crippen molar-refractivity contribution in [3.05, 3.63) is 90.0 Å². The molecule has 0 saturated carbocycles. The van der Waals surface area contributed by atoms with Gasteiger partial charge in [-0.05, 0) is 23.3 Å². The van der Waals surface area contributed by atoms with Gasteiger partial charge in [-0.3, -0.25) is 4.79 Å². The lowest BCUT2D eigenvalue weighted by Crippen LogP contribution is -2.21. The lowest BCUT2D eigenvalue weighted by Gasteiger charge is -2.10. The highest BCUT2D eigenvalue weighted by Gasteiger charge is 2.08. The van der Waals surface area contributed by atoms with Gasteiger partial charge in [0.2, 0.25) is 5.91 Å². The number of benzene rings is 2. The van der Waals surface area contributed by atoms with Crippen molar-refractivity contribution in [2.45, 2.75) is 19.7 Å². The van der Waals surface area contributed by atoms with Gasteiger partial charge in [0.15, 0.2) is 0 Å². The van der Waals surface area contributed by atoms with Crippen molar-refractivity contribution in [3.8, 4) is 5.75 Å². The lowest BCUT2D eigenvalue weighted by molar-refractivity contribution is -0.116. The molecule has 0 atom stereocenters. The highest BCUT2D eigenvalue weighted by Crippen LogP contribution is 2.21. The number of halogens is 2. The van der Waals surface area contributed by atoms with Crippen molar-refractivity contribution in [1.82, 2.24) is 14.9 Å². The summed E-state index contributed by atoms with van der Waals surface area (Å²) in [5, 5.41) is 2.81. The predicted octanol–water partition coefficient (Wildman–Crippen LogP) is 3.86. The van der Waals surface area contributed by atoms with Crippen molar-refractivity contribution in [2.24, 2.45) is 0 Å². The molecule has 0 unspecified atom stereocenters. The average molecular weight is 383 g/mol. The Morgan fingerprint density at radius 3 is 2.64 bits per heavy atom. The Bertz CT molecular complexity index is 940. The number of nitrogens with one attached hydrogen (secondary N) is 1. The largest absolute Gasteiger partial charge is 0.434 e. The quantitative estimate of drug-likeness (QED) is 0.601. The Balaban J connectivity index is 1.62. The molecule has 0 fully saturated rings. The molecule has 1 amide bonds. The summed E-state index contributed by atoms with van der Waals surface area (Å²) in [6.07, 6.45) is 8.06. The van der Waals surface area contributed by atoms with E-state index in [9.17, 15) is 13.6 Å². The molecule has 0 aliphatic heterocycles. The predicted molar refractivity (Wildman–Crippen MR) is 102 cm³/mol. The molecule has 0 saturated heterocycles. The average Bonchev–Trinajstić information content (AvgIpc) is 3.19. The minimum absolute atomic E-state index is 0.0206. The number of carbonyl (C=O) groups excluding carboxylic acids is 1. The molecule has 3 aromatic rings. The van der Waals surface area contributed by atoms with Crippen LogP contribution in [0.5, 0.6) is 5.75 Å². The molecule has 1 heterocycles. The smallest absolute Gasteiger partial charge is 0.387 e. The minimum atomic E-state index is -2.92. The van der Waals surface area contributed by atoms with Crippen LogP contribution in [-0.2, 0) is 17.9 Å². The first-order valence-corrected chi connectivity index (χ1v) is 8.64. The van der Waals surface area contributed by atoms with E-state index in [4.69, 9.17) is 0 Å². The number of aromatic nitrogens is 2. The van der Waals surface area contributed by atoms with Crippen molar-refractivity contribution in [1.29, 1.82) is 0 Å². The summed E-state index contributed by atoms with van der Waals surface area (Å²) < 4.78 is 31.3.